The van der Waals surface area contributed by atoms with Crippen molar-refractivity contribution in [2.24, 2.45) is 5.73 Å². The fourth-order valence-corrected chi connectivity index (χ4v) is 3.59. The number of carbonyl (C=O) groups excluding carboxylic acids is 2. The van der Waals surface area contributed by atoms with E-state index in [1.165, 1.54) is 13.2 Å². The summed E-state index contributed by atoms with van der Waals surface area (Å²) in [7, 11) is 1.31. The molecule has 0 saturated carbocycles. The summed E-state index contributed by atoms with van der Waals surface area (Å²) >= 11 is 7.37. The van der Waals surface area contributed by atoms with Crippen LogP contribution in [0.25, 0.3) is 0 Å². The van der Waals surface area contributed by atoms with Crippen LogP contribution in [0, 0.1) is 5.82 Å². The molecule has 0 unspecified atom stereocenters. The monoisotopic (exact) mass is 511 g/mol. The summed E-state index contributed by atoms with van der Waals surface area (Å²) < 4.78 is 19.8. The molecule has 2 aromatic rings. The van der Waals surface area contributed by atoms with Crippen molar-refractivity contribution >= 4 is 35.9 Å². The van der Waals surface area contributed by atoms with Gasteiger partial charge in [0.15, 0.2) is 0 Å². The lowest BCUT2D eigenvalue weighted by atomic mass is 10.1. The van der Waals surface area contributed by atoms with E-state index in [4.69, 9.17) is 22.1 Å². The molecule has 2 aromatic carbocycles. The van der Waals surface area contributed by atoms with Crippen molar-refractivity contribution < 1.29 is 18.7 Å². The molecule has 0 fully saturated rings. The lowest BCUT2D eigenvalue weighted by molar-refractivity contribution is -0.126. The van der Waals surface area contributed by atoms with Gasteiger partial charge in [0.1, 0.15) is 5.82 Å². The van der Waals surface area contributed by atoms with Gasteiger partial charge < -0.3 is 15.8 Å². The Morgan fingerprint density at radius 1 is 1.26 bits per heavy atom. The summed E-state index contributed by atoms with van der Waals surface area (Å²) in [5.41, 5.74) is 6.29. The average molecular weight is 512 g/mol. The average Bonchev–Trinajstić information content (AvgIpc) is 2.82. The molecule has 0 aromatic heterocycles. The summed E-state index contributed by atoms with van der Waals surface area (Å²) in [6, 6.07) is 14.8. The SMILES string of the molecule is C=C.CC(C)(N)CNC(=O)CCCN(Cc1ccc(Cl)c(F)c1)Sc1ccccc1.COC=O. The highest BCUT2D eigenvalue weighted by Gasteiger charge is 2.14. The number of nitrogens with one attached hydrogen (secondary N) is 1. The first-order valence-corrected chi connectivity index (χ1v) is 11.7. The van der Waals surface area contributed by atoms with E-state index >= 15 is 0 Å². The molecule has 0 radical (unpaired) electrons. The zero-order chi connectivity index (χ0) is 26.0. The van der Waals surface area contributed by atoms with Gasteiger partial charge in [-0.3, -0.25) is 9.59 Å². The molecule has 3 N–H and O–H groups in total. The first kappa shape index (κ1) is 31.6. The molecular formula is C25H35ClFN3O3S. The van der Waals surface area contributed by atoms with Crippen molar-refractivity contribution in [3.05, 3.63) is 78.1 Å². The molecule has 188 valence electrons. The van der Waals surface area contributed by atoms with Crippen molar-refractivity contribution in [1.29, 1.82) is 0 Å². The van der Waals surface area contributed by atoms with E-state index < -0.39 is 11.4 Å². The number of carbonyl (C=O) groups is 2. The van der Waals surface area contributed by atoms with Crippen molar-refractivity contribution in [2.75, 3.05) is 20.2 Å². The van der Waals surface area contributed by atoms with Crippen molar-refractivity contribution in [3.63, 3.8) is 0 Å². The molecule has 9 heteroatoms. The van der Waals surface area contributed by atoms with Gasteiger partial charge in [-0.1, -0.05) is 35.9 Å². The number of halogens is 2. The zero-order valence-corrected chi connectivity index (χ0v) is 21.6. The molecule has 0 spiro atoms. The fourth-order valence-electron chi connectivity index (χ4n) is 2.46. The van der Waals surface area contributed by atoms with E-state index in [9.17, 15) is 9.18 Å². The summed E-state index contributed by atoms with van der Waals surface area (Å²) in [5.74, 6) is -0.437. The van der Waals surface area contributed by atoms with Gasteiger partial charge in [0.2, 0.25) is 5.91 Å². The summed E-state index contributed by atoms with van der Waals surface area (Å²) in [6.45, 7) is 11.8. The van der Waals surface area contributed by atoms with Gasteiger partial charge in [-0.2, -0.15) is 0 Å². The second kappa shape index (κ2) is 18.0. The highest BCUT2D eigenvalue weighted by Crippen LogP contribution is 2.26. The predicted octanol–water partition coefficient (Wildman–Crippen LogP) is 5.21. The molecule has 0 saturated heterocycles. The van der Waals surface area contributed by atoms with E-state index in [0.29, 0.717) is 38.9 Å². The first-order chi connectivity index (χ1) is 16.1. The number of benzene rings is 2. The number of hydrogen-bond donors (Lipinski definition) is 2. The highest BCUT2D eigenvalue weighted by atomic mass is 35.5. The Bertz CT molecular complexity index is 851. The van der Waals surface area contributed by atoms with Crippen LogP contribution in [0.2, 0.25) is 5.02 Å². The minimum absolute atomic E-state index is 0.0132. The van der Waals surface area contributed by atoms with Gasteiger partial charge >= 0.3 is 0 Å². The number of hydrogen-bond acceptors (Lipinski definition) is 6. The molecule has 0 aliphatic heterocycles. The van der Waals surface area contributed by atoms with Gasteiger partial charge in [0.25, 0.3) is 6.47 Å². The van der Waals surface area contributed by atoms with Crippen LogP contribution in [-0.2, 0) is 20.9 Å². The molecule has 0 atom stereocenters. The normalized spacial score (nSPS) is 10.3. The van der Waals surface area contributed by atoms with Crippen LogP contribution in [0.4, 0.5) is 4.39 Å². The van der Waals surface area contributed by atoms with Crippen LogP contribution in [0.5, 0.6) is 0 Å². The number of methoxy groups -OCH3 is 1. The highest BCUT2D eigenvalue weighted by molar-refractivity contribution is 7.97. The van der Waals surface area contributed by atoms with Crippen LogP contribution in [0.3, 0.4) is 0 Å². The van der Waals surface area contributed by atoms with Crippen molar-refractivity contribution in [2.45, 2.75) is 43.7 Å². The smallest absolute Gasteiger partial charge is 0.292 e. The lowest BCUT2D eigenvalue weighted by Gasteiger charge is -2.22. The van der Waals surface area contributed by atoms with Gasteiger partial charge in [-0.05, 0) is 62.0 Å². The largest absolute Gasteiger partial charge is 0.471 e. The minimum atomic E-state index is -0.427. The maximum absolute atomic E-state index is 13.8. The molecule has 1 amide bonds. The van der Waals surface area contributed by atoms with Crippen LogP contribution >= 0.6 is 23.5 Å². The Labute approximate surface area is 211 Å². The maximum Gasteiger partial charge on any atom is 0.292 e. The molecule has 0 bridgehead atoms. The van der Waals surface area contributed by atoms with Gasteiger partial charge in [0, 0.05) is 36.5 Å². The number of rotatable bonds is 11. The molecule has 34 heavy (non-hydrogen) atoms. The Hall–Kier alpha value is -2.39. The van der Waals surface area contributed by atoms with Gasteiger partial charge in [-0.25, -0.2) is 8.70 Å². The van der Waals surface area contributed by atoms with Gasteiger partial charge in [0.05, 0.1) is 12.1 Å². The molecule has 0 aliphatic rings. The minimum Gasteiger partial charge on any atom is -0.471 e. The number of amides is 1. The van der Waals surface area contributed by atoms with Crippen LogP contribution in [0.1, 0.15) is 32.3 Å². The standard InChI is InChI=1S/C21H27ClFN3OS.C2H4O2.C2H4/c1-21(2,24)15-25-20(27)9-6-12-26(28-17-7-4-3-5-8-17)14-16-10-11-18(22)19(23)13-16;1-4-2-3;1-2/h3-5,7-8,10-11,13H,6,9,12,14-15,24H2,1-2H3,(H,25,27);2H,1H3;1-2H2. The third kappa shape index (κ3) is 15.4. The maximum atomic E-state index is 13.8. The number of nitrogens with two attached hydrogens (primary N) is 1. The fraction of sp³-hybridized carbons (Fsp3) is 0.360. The summed E-state index contributed by atoms with van der Waals surface area (Å²) in [5, 5.41) is 2.97. The van der Waals surface area contributed by atoms with Crippen LogP contribution < -0.4 is 11.1 Å². The van der Waals surface area contributed by atoms with Gasteiger partial charge in [-0.15, -0.1) is 13.2 Å². The molecule has 0 aliphatic carbocycles. The second-order valence-electron chi connectivity index (χ2n) is 7.72. The topological polar surface area (TPSA) is 84.7 Å². The Morgan fingerprint density at radius 3 is 2.41 bits per heavy atom. The van der Waals surface area contributed by atoms with Crippen molar-refractivity contribution in [3.8, 4) is 0 Å². The third-order valence-electron chi connectivity index (χ3n) is 3.97. The molecule has 6 nitrogen and oxygen atoms in total. The number of ether oxygens (including phenoxy) is 1. The summed E-state index contributed by atoms with van der Waals surface area (Å²) in [4.78, 5) is 22.1. The van der Waals surface area contributed by atoms with E-state index in [-0.39, 0.29) is 10.9 Å². The predicted molar refractivity (Wildman–Crippen MR) is 139 cm³/mol. The first-order valence-electron chi connectivity index (χ1n) is 10.6. The van der Waals surface area contributed by atoms with Crippen LogP contribution in [-0.4, -0.2) is 42.4 Å². The Morgan fingerprint density at radius 2 is 1.88 bits per heavy atom. The zero-order valence-electron chi connectivity index (χ0n) is 20.1. The second-order valence-corrected chi connectivity index (χ2v) is 9.29. The quantitative estimate of drug-likeness (QED) is 0.244. The number of nitrogens with zero attached hydrogens (tertiary/aromatic N) is 1. The molecule has 0 heterocycles. The molecule has 2 rings (SSSR count). The van der Waals surface area contributed by atoms with E-state index in [0.717, 1.165) is 10.5 Å². The third-order valence-corrected chi connectivity index (χ3v) is 5.33. The summed E-state index contributed by atoms with van der Waals surface area (Å²) in [6.07, 6.45) is 1.10. The van der Waals surface area contributed by atoms with E-state index in [1.54, 1.807) is 18.0 Å². The Balaban J connectivity index is 0.00000164. The van der Waals surface area contributed by atoms with E-state index in [1.807, 2.05) is 50.2 Å². The molecular weight excluding hydrogens is 477 g/mol. The van der Waals surface area contributed by atoms with Crippen LogP contribution in [0.15, 0.2) is 66.6 Å². The van der Waals surface area contributed by atoms with E-state index in [2.05, 4.69) is 27.5 Å². The lowest BCUT2D eigenvalue weighted by Crippen LogP contribution is -2.45. The Kier molecular flexibility index (Phi) is 16.7. The van der Waals surface area contributed by atoms with Crippen molar-refractivity contribution in [1.82, 2.24) is 9.62 Å².